The van der Waals surface area contributed by atoms with Gasteiger partial charge in [-0.1, -0.05) is 45.2 Å². The maximum absolute atomic E-state index is 12.5. The third-order valence-corrected chi connectivity index (χ3v) is 7.39. The molecule has 6 atom stereocenters. The molecule has 2 saturated carbocycles. The Hall–Kier alpha value is -1.31. The van der Waals surface area contributed by atoms with Crippen molar-refractivity contribution in [3.63, 3.8) is 0 Å². The number of fused-ring (bicyclic) bond motifs is 1. The van der Waals surface area contributed by atoms with E-state index in [1.807, 2.05) is 0 Å². The largest absolute Gasteiger partial charge is 0.461 e. The van der Waals surface area contributed by atoms with E-state index in [2.05, 4.69) is 21.2 Å². The van der Waals surface area contributed by atoms with Crippen molar-refractivity contribution in [2.24, 2.45) is 23.7 Å². The summed E-state index contributed by atoms with van der Waals surface area (Å²) in [5.74, 6) is -2.42. The van der Waals surface area contributed by atoms with Crippen LogP contribution < -0.4 is 5.32 Å². The molecule has 1 aromatic carbocycles. The summed E-state index contributed by atoms with van der Waals surface area (Å²) in [4.78, 5) is 36.6. The van der Waals surface area contributed by atoms with Crippen molar-refractivity contribution >= 4 is 62.7 Å². The first-order valence-corrected chi connectivity index (χ1v) is 9.80. The van der Waals surface area contributed by atoms with Crippen LogP contribution in [0.4, 0.5) is 5.69 Å². The Morgan fingerprint density at radius 3 is 2.85 bits per heavy atom. The van der Waals surface area contributed by atoms with E-state index < -0.39 is 30.3 Å². The van der Waals surface area contributed by atoms with Crippen LogP contribution in [0.5, 0.6) is 0 Å². The summed E-state index contributed by atoms with van der Waals surface area (Å²) in [5.41, 5.74) is 0.336. The molecule has 138 valence electrons. The molecule has 1 heterocycles. The molecule has 1 aromatic rings. The topological polar surface area (TPSA) is 81.7 Å². The predicted molar refractivity (Wildman–Crippen MR) is 97.2 cm³/mol. The molecule has 0 radical (unpaired) electrons. The fraction of sp³-hybridized carbons (Fsp3) is 0.471. The maximum Gasteiger partial charge on any atom is 0.310 e. The van der Waals surface area contributed by atoms with Gasteiger partial charge < -0.3 is 14.8 Å². The number of nitrogens with one attached hydrogen (secondary N) is 1. The van der Waals surface area contributed by atoms with Crippen molar-refractivity contribution in [1.82, 2.24) is 0 Å². The van der Waals surface area contributed by atoms with Crippen LogP contribution in [-0.2, 0) is 23.9 Å². The highest BCUT2D eigenvalue weighted by Gasteiger charge is 2.68. The van der Waals surface area contributed by atoms with Crippen molar-refractivity contribution in [2.75, 3.05) is 11.9 Å². The quantitative estimate of drug-likeness (QED) is 0.549. The Labute approximate surface area is 167 Å². The molecule has 2 aliphatic carbocycles. The van der Waals surface area contributed by atoms with Gasteiger partial charge >= 0.3 is 11.9 Å². The van der Waals surface area contributed by atoms with Gasteiger partial charge in [0.1, 0.15) is 6.10 Å². The molecule has 26 heavy (non-hydrogen) atoms. The number of ether oxygens (including phenoxy) is 2. The summed E-state index contributed by atoms with van der Waals surface area (Å²) >= 11 is 15.4. The molecule has 1 saturated heterocycles. The number of rotatable bonds is 4. The molecule has 1 N–H and O–H groups in total. The van der Waals surface area contributed by atoms with Gasteiger partial charge in [-0.25, -0.2) is 0 Å². The number of alkyl halides is 1. The lowest BCUT2D eigenvalue weighted by Crippen LogP contribution is -2.39. The second-order valence-electron chi connectivity index (χ2n) is 6.72. The average Bonchev–Trinajstić information content (AvgIpc) is 3.21. The molecule has 0 aromatic heterocycles. The maximum atomic E-state index is 12.5. The Morgan fingerprint density at radius 2 is 2.08 bits per heavy atom. The standard InChI is InChI=1S/C17H14BrCl2NO5/c18-13-6-4-7-12(17(24)26-15(7)13)11(6)16(23)25-5-10(22)21-9-3-1-2-8(19)14(9)20/h1-3,6-7,11-13,15H,4-5H2,(H,21,22)/t6-,7-,11-,12+,13-,15+/m1/s1. The predicted octanol–water partition coefficient (Wildman–Crippen LogP) is 3.05. The number of hydrogen-bond acceptors (Lipinski definition) is 5. The average molecular weight is 463 g/mol. The highest BCUT2D eigenvalue weighted by atomic mass is 79.9. The molecule has 0 unspecified atom stereocenters. The van der Waals surface area contributed by atoms with Crippen LogP contribution in [0.3, 0.4) is 0 Å². The lowest BCUT2D eigenvalue weighted by Gasteiger charge is -2.26. The van der Waals surface area contributed by atoms with E-state index in [9.17, 15) is 14.4 Å². The third-order valence-electron chi connectivity index (χ3n) is 5.37. The fourth-order valence-corrected chi connectivity index (χ4v) is 5.71. The van der Waals surface area contributed by atoms with Crippen LogP contribution in [-0.4, -0.2) is 35.4 Å². The van der Waals surface area contributed by atoms with Gasteiger partial charge in [0.05, 0.1) is 32.4 Å². The van der Waals surface area contributed by atoms with Gasteiger partial charge in [-0.15, -0.1) is 0 Å². The van der Waals surface area contributed by atoms with Crippen LogP contribution in [0.2, 0.25) is 10.0 Å². The minimum absolute atomic E-state index is 0.0145. The van der Waals surface area contributed by atoms with Crippen LogP contribution in [0.15, 0.2) is 18.2 Å². The van der Waals surface area contributed by atoms with Gasteiger partial charge in [0.25, 0.3) is 5.91 Å². The van der Waals surface area contributed by atoms with E-state index in [0.29, 0.717) is 10.7 Å². The zero-order valence-electron chi connectivity index (χ0n) is 13.3. The normalized spacial score (nSPS) is 33.9. The molecule has 0 spiro atoms. The number of carbonyl (C=O) groups is 3. The molecule has 2 bridgehead atoms. The summed E-state index contributed by atoms with van der Waals surface area (Å²) in [5, 5.41) is 3.07. The smallest absolute Gasteiger partial charge is 0.310 e. The van der Waals surface area contributed by atoms with Crippen LogP contribution in [0.1, 0.15) is 6.42 Å². The molecular weight excluding hydrogens is 449 g/mol. The minimum atomic E-state index is -0.571. The lowest BCUT2D eigenvalue weighted by molar-refractivity contribution is -0.157. The summed E-state index contributed by atoms with van der Waals surface area (Å²) < 4.78 is 10.5. The first-order chi connectivity index (χ1) is 12.4. The monoisotopic (exact) mass is 461 g/mol. The van der Waals surface area contributed by atoms with Crippen LogP contribution in [0.25, 0.3) is 0 Å². The van der Waals surface area contributed by atoms with Gasteiger partial charge in [-0.05, 0) is 24.5 Å². The second kappa shape index (κ2) is 6.69. The van der Waals surface area contributed by atoms with Crippen molar-refractivity contribution in [2.45, 2.75) is 17.4 Å². The number of carbonyl (C=O) groups excluding carboxylic acids is 3. The molecule has 4 rings (SSSR count). The third kappa shape index (κ3) is 2.80. The molecule has 9 heteroatoms. The molecule has 1 amide bonds. The van der Waals surface area contributed by atoms with E-state index in [4.69, 9.17) is 32.7 Å². The summed E-state index contributed by atoms with van der Waals surface area (Å²) in [7, 11) is 0. The first-order valence-electron chi connectivity index (χ1n) is 8.13. The molecule has 6 nitrogen and oxygen atoms in total. The lowest BCUT2D eigenvalue weighted by atomic mass is 9.80. The van der Waals surface area contributed by atoms with E-state index in [1.54, 1.807) is 18.2 Å². The van der Waals surface area contributed by atoms with Crippen molar-refractivity contribution in [1.29, 1.82) is 0 Å². The SMILES string of the molecule is O=C(COC(=O)[C@@H]1[C@H]2C[C@H]3[C@H](OC(=O)[C@@H]31)[C@@H]2Br)Nc1cccc(Cl)c1Cl. The Kier molecular flexibility index (Phi) is 4.65. The summed E-state index contributed by atoms with van der Waals surface area (Å²) in [6.07, 6.45) is 0.593. The zero-order chi connectivity index (χ0) is 18.6. The number of amides is 1. The highest BCUT2D eigenvalue weighted by Crippen LogP contribution is 2.60. The van der Waals surface area contributed by atoms with Crippen molar-refractivity contribution < 1.29 is 23.9 Å². The van der Waals surface area contributed by atoms with Gasteiger partial charge in [0, 0.05) is 5.92 Å². The number of hydrogen-bond donors (Lipinski definition) is 1. The van der Waals surface area contributed by atoms with E-state index in [0.717, 1.165) is 6.42 Å². The molecule has 1 aliphatic heterocycles. The van der Waals surface area contributed by atoms with Gasteiger partial charge in [-0.3, -0.25) is 14.4 Å². The summed E-state index contributed by atoms with van der Waals surface area (Å²) in [6, 6.07) is 4.83. The molecular formula is C17H14BrCl2NO5. The van der Waals surface area contributed by atoms with E-state index >= 15 is 0 Å². The van der Waals surface area contributed by atoms with Crippen LogP contribution in [0, 0.1) is 23.7 Å². The molecule has 3 fully saturated rings. The van der Waals surface area contributed by atoms with Crippen molar-refractivity contribution in [3.05, 3.63) is 28.2 Å². The number of halogens is 3. The number of esters is 2. The Bertz CT molecular complexity index is 803. The van der Waals surface area contributed by atoms with E-state index in [-0.39, 0.29) is 33.8 Å². The van der Waals surface area contributed by atoms with Crippen molar-refractivity contribution in [3.8, 4) is 0 Å². The number of anilines is 1. The Balaban J connectivity index is 1.38. The zero-order valence-corrected chi connectivity index (χ0v) is 16.4. The molecule has 3 aliphatic rings. The summed E-state index contributed by atoms with van der Waals surface area (Å²) in [6.45, 7) is -0.465. The first kappa shape index (κ1) is 18.1. The Morgan fingerprint density at radius 1 is 1.31 bits per heavy atom. The minimum Gasteiger partial charge on any atom is -0.461 e. The fourth-order valence-electron chi connectivity index (χ4n) is 4.31. The number of benzene rings is 1. The van der Waals surface area contributed by atoms with E-state index in [1.165, 1.54) is 0 Å². The highest BCUT2D eigenvalue weighted by molar-refractivity contribution is 9.09. The van der Waals surface area contributed by atoms with Gasteiger partial charge in [-0.2, -0.15) is 0 Å². The van der Waals surface area contributed by atoms with Gasteiger partial charge in [0.15, 0.2) is 6.61 Å². The van der Waals surface area contributed by atoms with Gasteiger partial charge in [0.2, 0.25) is 0 Å². The second-order valence-corrected chi connectivity index (χ2v) is 8.56. The van der Waals surface area contributed by atoms with Crippen LogP contribution >= 0.6 is 39.1 Å².